The van der Waals surface area contributed by atoms with Gasteiger partial charge >= 0.3 is 11.9 Å². The Hall–Kier alpha value is -3.23. The van der Waals surface area contributed by atoms with Crippen LogP contribution in [0.5, 0.6) is 0 Å². The lowest BCUT2D eigenvalue weighted by molar-refractivity contribution is -0.889. The molecule has 0 saturated heterocycles. The van der Waals surface area contributed by atoms with E-state index in [1.54, 1.807) is 21.1 Å². The van der Waals surface area contributed by atoms with Crippen molar-refractivity contribution in [3.8, 4) is 0 Å². The lowest BCUT2D eigenvalue weighted by atomic mass is 10.1. The van der Waals surface area contributed by atoms with Crippen LogP contribution in [0.3, 0.4) is 0 Å². The van der Waals surface area contributed by atoms with E-state index in [1.165, 1.54) is 12.8 Å². The fraction of sp³-hybridized carbons (Fsp3) is 0.625. The van der Waals surface area contributed by atoms with Gasteiger partial charge in [0.2, 0.25) is 0 Å². The van der Waals surface area contributed by atoms with E-state index in [2.05, 4.69) is 80.7 Å². The summed E-state index contributed by atoms with van der Waals surface area (Å²) in [5.74, 6) is -1.90. The standard InChI is InChI=1S/C40H65NO7/c1-6-8-10-12-14-15-16-17-18-19-20-21-22-23-25-27-29-31-39(43)48-36(34-46-33-32-37(40(44)45)41(3,4)5)35-47-38(42)30-28-26-24-13-11-9-7-2/h8,10,14-15,17-18,20-21,23-26,36-37H,6-7,9,11-13,16,19,22,27-35H2,1-5H3/b10-8+,15-14+,18-17+,21-20+,25-23+,26-24+. The van der Waals surface area contributed by atoms with Crippen molar-refractivity contribution in [2.45, 2.75) is 122 Å². The van der Waals surface area contributed by atoms with Crippen molar-refractivity contribution < 1.29 is 38.2 Å². The maximum atomic E-state index is 12.6. The Labute approximate surface area is 291 Å². The summed E-state index contributed by atoms with van der Waals surface area (Å²) >= 11 is 0. The normalized spacial score (nSPS) is 13.9. The van der Waals surface area contributed by atoms with Crippen LogP contribution in [-0.2, 0) is 28.6 Å². The summed E-state index contributed by atoms with van der Waals surface area (Å²) in [4.78, 5) is 36.4. The minimum Gasteiger partial charge on any atom is -0.544 e. The zero-order valence-corrected chi connectivity index (χ0v) is 30.6. The zero-order chi connectivity index (χ0) is 35.7. The number of quaternary nitrogens is 1. The lowest BCUT2D eigenvalue weighted by Crippen LogP contribution is -2.55. The third-order valence-electron chi connectivity index (χ3n) is 7.34. The summed E-state index contributed by atoms with van der Waals surface area (Å²) in [7, 11) is 5.35. The molecule has 0 radical (unpaired) electrons. The van der Waals surface area contributed by atoms with Gasteiger partial charge in [-0.2, -0.15) is 0 Å². The molecule has 272 valence electrons. The number of esters is 2. The molecule has 0 aliphatic heterocycles. The predicted octanol–water partition coefficient (Wildman–Crippen LogP) is 7.51. The fourth-order valence-electron chi connectivity index (χ4n) is 4.53. The number of carboxylic acids is 1. The van der Waals surface area contributed by atoms with Crippen molar-refractivity contribution in [1.29, 1.82) is 0 Å². The van der Waals surface area contributed by atoms with Gasteiger partial charge in [-0.25, -0.2) is 0 Å². The molecular formula is C40H65NO7. The second kappa shape index (κ2) is 31.1. The molecule has 0 aromatic rings. The van der Waals surface area contributed by atoms with Gasteiger partial charge in [0.25, 0.3) is 0 Å². The van der Waals surface area contributed by atoms with E-state index in [4.69, 9.17) is 14.2 Å². The SMILES string of the molecule is CC/C=C/C/C=C/C/C=C/C/C=C/C/C=C/CCCC(=O)OC(COCCC(C(=O)[O-])[N+](C)(C)C)COC(=O)CC/C=C/CCCCC. The van der Waals surface area contributed by atoms with Crippen LogP contribution in [0.1, 0.15) is 110 Å². The summed E-state index contributed by atoms with van der Waals surface area (Å²) in [5, 5.41) is 11.5. The van der Waals surface area contributed by atoms with Gasteiger partial charge in [0.15, 0.2) is 6.10 Å². The Morgan fingerprint density at radius 3 is 1.75 bits per heavy atom. The Balaban J connectivity index is 4.56. The summed E-state index contributed by atoms with van der Waals surface area (Å²) in [6.07, 6.45) is 36.8. The Kier molecular flexibility index (Phi) is 29.0. The molecule has 0 N–H and O–H groups in total. The number of rotatable bonds is 30. The first-order chi connectivity index (χ1) is 23.1. The van der Waals surface area contributed by atoms with Crippen molar-refractivity contribution >= 4 is 17.9 Å². The Bertz CT molecular complexity index is 1020. The highest BCUT2D eigenvalue weighted by Crippen LogP contribution is 2.09. The van der Waals surface area contributed by atoms with Crippen LogP contribution >= 0.6 is 0 Å². The van der Waals surface area contributed by atoms with Gasteiger partial charge in [-0.1, -0.05) is 99.6 Å². The number of carboxylic acid groups (broad SMARTS) is 1. The van der Waals surface area contributed by atoms with E-state index in [-0.39, 0.29) is 55.5 Å². The number of ether oxygens (including phenoxy) is 3. The molecule has 0 fully saturated rings. The highest BCUT2D eigenvalue weighted by molar-refractivity contribution is 5.70. The van der Waals surface area contributed by atoms with E-state index in [0.717, 1.165) is 51.4 Å². The third kappa shape index (κ3) is 29.0. The number of nitrogens with zero attached hydrogens (tertiary/aromatic N) is 1. The van der Waals surface area contributed by atoms with Crippen molar-refractivity contribution in [2.24, 2.45) is 0 Å². The molecule has 0 bridgehead atoms. The van der Waals surface area contributed by atoms with Crippen LogP contribution in [0.15, 0.2) is 72.9 Å². The molecule has 2 atom stereocenters. The first-order valence-electron chi connectivity index (χ1n) is 18.0. The number of aliphatic carboxylic acids is 1. The molecule has 0 spiro atoms. The largest absolute Gasteiger partial charge is 0.544 e. The molecule has 0 aromatic carbocycles. The zero-order valence-electron chi connectivity index (χ0n) is 30.6. The molecule has 2 unspecified atom stereocenters. The number of likely N-dealkylation sites (N-methyl/N-ethyl adjacent to an activating group) is 1. The molecule has 0 aromatic heterocycles. The molecule has 0 rings (SSSR count). The summed E-state index contributed by atoms with van der Waals surface area (Å²) < 4.78 is 16.9. The van der Waals surface area contributed by atoms with Crippen LogP contribution in [0.4, 0.5) is 0 Å². The van der Waals surface area contributed by atoms with Gasteiger partial charge in [-0.15, -0.1) is 0 Å². The van der Waals surface area contributed by atoms with Gasteiger partial charge in [0.1, 0.15) is 12.6 Å². The number of carbonyl (C=O) groups is 3. The molecule has 8 heteroatoms. The molecule has 0 amide bonds. The molecule has 8 nitrogen and oxygen atoms in total. The van der Waals surface area contributed by atoms with E-state index >= 15 is 0 Å². The van der Waals surface area contributed by atoms with Crippen molar-refractivity contribution in [1.82, 2.24) is 0 Å². The second-order valence-corrected chi connectivity index (χ2v) is 12.7. The van der Waals surface area contributed by atoms with Crippen LogP contribution in [0.2, 0.25) is 0 Å². The number of unbranched alkanes of at least 4 members (excludes halogenated alkanes) is 4. The molecule has 0 saturated carbocycles. The van der Waals surface area contributed by atoms with Crippen LogP contribution in [0, 0.1) is 0 Å². The van der Waals surface area contributed by atoms with E-state index in [9.17, 15) is 19.5 Å². The smallest absolute Gasteiger partial charge is 0.306 e. The molecule has 0 aliphatic rings. The van der Waals surface area contributed by atoms with Crippen LogP contribution < -0.4 is 5.11 Å². The van der Waals surface area contributed by atoms with E-state index in [1.807, 2.05) is 6.08 Å². The Morgan fingerprint density at radius 1 is 0.646 bits per heavy atom. The molecule has 0 aliphatic carbocycles. The average Bonchev–Trinajstić information content (AvgIpc) is 3.03. The van der Waals surface area contributed by atoms with Gasteiger partial charge < -0.3 is 28.6 Å². The van der Waals surface area contributed by atoms with Gasteiger partial charge in [0.05, 0.1) is 40.3 Å². The summed E-state index contributed by atoms with van der Waals surface area (Å²) in [6, 6.07) is -0.741. The first-order valence-corrected chi connectivity index (χ1v) is 18.0. The topological polar surface area (TPSA) is 102 Å². The minimum atomic E-state index is -1.14. The minimum absolute atomic E-state index is 0.00202. The highest BCUT2D eigenvalue weighted by atomic mass is 16.6. The Morgan fingerprint density at radius 2 is 1.19 bits per heavy atom. The van der Waals surface area contributed by atoms with Crippen molar-refractivity contribution in [2.75, 3.05) is 41.0 Å². The lowest BCUT2D eigenvalue weighted by Gasteiger charge is -2.34. The third-order valence-corrected chi connectivity index (χ3v) is 7.34. The molecule has 0 heterocycles. The quantitative estimate of drug-likeness (QED) is 0.0337. The predicted molar refractivity (Wildman–Crippen MR) is 194 cm³/mol. The molecular weight excluding hydrogens is 606 g/mol. The average molecular weight is 672 g/mol. The van der Waals surface area contributed by atoms with Gasteiger partial charge in [-0.05, 0) is 64.2 Å². The summed E-state index contributed by atoms with van der Waals surface area (Å²) in [6.45, 7) is 4.33. The number of hydrogen-bond donors (Lipinski definition) is 0. The van der Waals surface area contributed by atoms with Gasteiger partial charge in [-0.3, -0.25) is 9.59 Å². The van der Waals surface area contributed by atoms with Gasteiger partial charge in [0, 0.05) is 19.3 Å². The highest BCUT2D eigenvalue weighted by Gasteiger charge is 2.25. The maximum Gasteiger partial charge on any atom is 0.306 e. The fourth-order valence-corrected chi connectivity index (χ4v) is 4.53. The monoisotopic (exact) mass is 671 g/mol. The van der Waals surface area contributed by atoms with E-state index < -0.39 is 18.1 Å². The van der Waals surface area contributed by atoms with Crippen molar-refractivity contribution in [3.05, 3.63) is 72.9 Å². The summed E-state index contributed by atoms with van der Waals surface area (Å²) in [5.41, 5.74) is 0. The first kappa shape index (κ1) is 44.8. The number of hydrogen-bond acceptors (Lipinski definition) is 7. The number of carbonyl (C=O) groups excluding carboxylic acids is 3. The van der Waals surface area contributed by atoms with Crippen LogP contribution in [-0.4, -0.2) is 75.5 Å². The second-order valence-electron chi connectivity index (χ2n) is 12.7. The van der Waals surface area contributed by atoms with Crippen molar-refractivity contribution in [3.63, 3.8) is 0 Å². The number of allylic oxidation sites excluding steroid dienone is 12. The van der Waals surface area contributed by atoms with E-state index in [0.29, 0.717) is 12.8 Å². The van der Waals surface area contributed by atoms with Crippen LogP contribution in [0.25, 0.3) is 0 Å². The maximum absolute atomic E-state index is 12.6. The molecule has 48 heavy (non-hydrogen) atoms.